The van der Waals surface area contributed by atoms with E-state index >= 15 is 0 Å². The maximum atomic E-state index is 12.6. The summed E-state index contributed by atoms with van der Waals surface area (Å²) in [5.41, 5.74) is 0.637. The first-order chi connectivity index (χ1) is 10.7. The highest BCUT2D eigenvalue weighted by molar-refractivity contribution is 7.13. The second-order valence-electron chi connectivity index (χ2n) is 5.93. The molecule has 3 nitrogen and oxygen atoms in total. The molecule has 0 atom stereocenters. The minimum absolute atomic E-state index is 0.105. The van der Waals surface area contributed by atoms with Crippen LogP contribution in [0.1, 0.15) is 31.5 Å². The number of nitrogens with zero attached hydrogens (tertiary/aromatic N) is 1. The van der Waals surface area contributed by atoms with Crippen molar-refractivity contribution in [1.29, 1.82) is 0 Å². The molecule has 0 saturated heterocycles. The summed E-state index contributed by atoms with van der Waals surface area (Å²) in [6.07, 6.45) is -3.70. The standard InChI is InChI=1S/C16H19F3N2OS/c1-15(2,7-8-22)20-9-13-10-23-14(21-13)11-3-5-12(6-4-11)16(17,18)19/h3-6,10,20,22H,7-9H2,1-2H3. The molecule has 2 N–H and O–H groups in total. The Labute approximate surface area is 137 Å². The first-order valence-corrected chi connectivity index (χ1v) is 8.07. The first-order valence-electron chi connectivity index (χ1n) is 7.19. The first kappa shape index (κ1) is 17.9. The Bertz CT molecular complexity index is 636. The van der Waals surface area contributed by atoms with Crippen molar-refractivity contribution in [2.45, 2.75) is 38.5 Å². The molecule has 0 radical (unpaired) electrons. The number of thiazole rings is 1. The van der Waals surface area contributed by atoms with Crippen LogP contribution in [0.4, 0.5) is 13.2 Å². The van der Waals surface area contributed by atoms with Crippen molar-refractivity contribution in [2.24, 2.45) is 0 Å². The number of nitrogens with one attached hydrogen (secondary N) is 1. The molecule has 0 aliphatic carbocycles. The Morgan fingerprint density at radius 3 is 2.39 bits per heavy atom. The van der Waals surface area contributed by atoms with Crippen LogP contribution in [0.3, 0.4) is 0 Å². The molecule has 1 aromatic carbocycles. The SMILES string of the molecule is CC(C)(CCO)NCc1csc(-c2ccc(C(F)(F)F)cc2)n1. The van der Waals surface area contributed by atoms with Gasteiger partial charge in [0.15, 0.2) is 0 Å². The van der Waals surface area contributed by atoms with E-state index in [1.54, 1.807) is 0 Å². The van der Waals surface area contributed by atoms with Gasteiger partial charge < -0.3 is 10.4 Å². The fourth-order valence-corrected chi connectivity index (χ4v) is 2.85. The quantitative estimate of drug-likeness (QED) is 0.830. The van der Waals surface area contributed by atoms with E-state index in [0.29, 0.717) is 23.5 Å². The molecule has 23 heavy (non-hydrogen) atoms. The van der Waals surface area contributed by atoms with Gasteiger partial charge in [-0.3, -0.25) is 0 Å². The predicted octanol–water partition coefficient (Wildman–Crippen LogP) is 4.08. The summed E-state index contributed by atoms with van der Waals surface area (Å²) in [4.78, 5) is 4.45. The van der Waals surface area contributed by atoms with Crippen molar-refractivity contribution < 1.29 is 18.3 Å². The highest BCUT2D eigenvalue weighted by atomic mass is 32.1. The zero-order chi connectivity index (χ0) is 17.1. The number of halogens is 3. The van der Waals surface area contributed by atoms with Crippen molar-refractivity contribution in [3.05, 3.63) is 40.9 Å². The van der Waals surface area contributed by atoms with Crippen LogP contribution in [0, 0.1) is 0 Å². The molecule has 0 amide bonds. The van der Waals surface area contributed by atoms with Crippen molar-refractivity contribution in [3.63, 3.8) is 0 Å². The molecule has 1 aromatic heterocycles. The van der Waals surface area contributed by atoms with E-state index in [2.05, 4.69) is 10.3 Å². The molecule has 2 aromatic rings. The maximum absolute atomic E-state index is 12.6. The number of aromatic nitrogens is 1. The van der Waals surface area contributed by atoms with Gasteiger partial charge in [-0.05, 0) is 32.4 Å². The molecule has 0 spiro atoms. The van der Waals surface area contributed by atoms with Crippen LogP contribution < -0.4 is 5.32 Å². The van der Waals surface area contributed by atoms with Crippen molar-refractivity contribution in [1.82, 2.24) is 10.3 Å². The predicted molar refractivity (Wildman–Crippen MR) is 85.2 cm³/mol. The van der Waals surface area contributed by atoms with Crippen LogP contribution in [-0.2, 0) is 12.7 Å². The van der Waals surface area contributed by atoms with E-state index in [4.69, 9.17) is 5.11 Å². The minimum atomic E-state index is -4.32. The van der Waals surface area contributed by atoms with Crippen molar-refractivity contribution >= 4 is 11.3 Å². The van der Waals surface area contributed by atoms with Gasteiger partial charge in [-0.25, -0.2) is 4.98 Å². The third-order valence-corrected chi connectivity index (χ3v) is 4.44. The van der Waals surface area contributed by atoms with Gasteiger partial charge in [0.05, 0.1) is 11.3 Å². The zero-order valence-electron chi connectivity index (χ0n) is 12.9. The molecule has 0 unspecified atom stereocenters. The Hall–Kier alpha value is -1.44. The molecule has 0 aliphatic rings. The molecular formula is C16H19F3N2OS. The van der Waals surface area contributed by atoms with Crippen molar-refractivity contribution in [2.75, 3.05) is 6.61 Å². The number of alkyl halides is 3. The third kappa shape index (κ3) is 5.02. The number of hydrogen-bond donors (Lipinski definition) is 2. The summed E-state index contributed by atoms with van der Waals surface area (Å²) in [7, 11) is 0. The Morgan fingerprint density at radius 1 is 1.17 bits per heavy atom. The van der Waals surface area contributed by atoms with E-state index in [1.165, 1.54) is 23.5 Å². The summed E-state index contributed by atoms with van der Waals surface area (Å²) in [6.45, 7) is 4.64. The highest BCUT2D eigenvalue weighted by Crippen LogP contribution is 2.31. The lowest BCUT2D eigenvalue weighted by Gasteiger charge is -2.24. The van der Waals surface area contributed by atoms with Crippen LogP contribution in [0.2, 0.25) is 0 Å². The number of aliphatic hydroxyl groups is 1. The van der Waals surface area contributed by atoms with Crippen LogP contribution in [0.15, 0.2) is 29.6 Å². The molecule has 7 heteroatoms. The van der Waals surface area contributed by atoms with Gasteiger partial charge in [-0.2, -0.15) is 13.2 Å². The van der Waals surface area contributed by atoms with E-state index in [-0.39, 0.29) is 12.1 Å². The molecular weight excluding hydrogens is 325 g/mol. The molecule has 0 bridgehead atoms. The van der Waals surface area contributed by atoms with Crippen LogP contribution in [0.25, 0.3) is 10.6 Å². The lowest BCUT2D eigenvalue weighted by molar-refractivity contribution is -0.137. The normalized spacial score (nSPS) is 12.6. The Morgan fingerprint density at radius 2 is 1.83 bits per heavy atom. The van der Waals surface area contributed by atoms with E-state index in [1.807, 2.05) is 19.2 Å². The van der Waals surface area contributed by atoms with Gasteiger partial charge >= 0.3 is 6.18 Å². The maximum Gasteiger partial charge on any atom is 0.416 e. The summed E-state index contributed by atoms with van der Waals surface area (Å²) >= 11 is 1.40. The molecule has 2 rings (SSSR count). The van der Waals surface area contributed by atoms with E-state index in [9.17, 15) is 13.2 Å². The van der Waals surface area contributed by atoms with Gasteiger partial charge in [-0.15, -0.1) is 11.3 Å². The molecule has 126 valence electrons. The smallest absolute Gasteiger partial charge is 0.396 e. The monoisotopic (exact) mass is 344 g/mol. The number of rotatable bonds is 6. The summed E-state index contributed by atoms with van der Waals surface area (Å²) in [5, 5.41) is 14.9. The number of hydrogen-bond acceptors (Lipinski definition) is 4. The fraction of sp³-hybridized carbons (Fsp3) is 0.438. The minimum Gasteiger partial charge on any atom is -0.396 e. The third-order valence-electron chi connectivity index (χ3n) is 3.50. The molecule has 1 heterocycles. The van der Waals surface area contributed by atoms with Crippen LogP contribution in [-0.4, -0.2) is 22.2 Å². The fourth-order valence-electron chi connectivity index (χ4n) is 2.02. The Kier molecular flexibility index (Phi) is 5.44. The lowest BCUT2D eigenvalue weighted by Crippen LogP contribution is -2.39. The molecule has 0 aliphatic heterocycles. The van der Waals surface area contributed by atoms with E-state index < -0.39 is 11.7 Å². The zero-order valence-corrected chi connectivity index (χ0v) is 13.8. The topological polar surface area (TPSA) is 45.1 Å². The van der Waals surface area contributed by atoms with Gasteiger partial charge in [0.1, 0.15) is 5.01 Å². The van der Waals surface area contributed by atoms with E-state index in [0.717, 1.165) is 17.8 Å². The molecule has 0 fully saturated rings. The van der Waals surface area contributed by atoms with Crippen LogP contribution >= 0.6 is 11.3 Å². The second-order valence-corrected chi connectivity index (χ2v) is 6.79. The average molecular weight is 344 g/mol. The largest absolute Gasteiger partial charge is 0.416 e. The lowest BCUT2D eigenvalue weighted by atomic mass is 10.0. The average Bonchev–Trinajstić information content (AvgIpc) is 2.93. The van der Waals surface area contributed by atoms with Gasteiger partial charge in [0.25, 0.3) is 0 Å². The summed E-state index contributed by atoms with van der Waals surface area (Å²) in [5.74, 6) is 0. The number of aliphatic hydroxyl groups excluding tert-OH is 1. The summed E-state index contributed by atoms with van der Waals surface area (Å²) in [6, 6.07) is 5.02. The van der Waals surface area contributed by atoms with Crippen molar-refractivity contribution in [3.8, 4) is 10.6 Å². The van der Waals surface area contributed by atoms with Gasteiger partial charge in [0.2, 0.25) is 0 Å². The Balaban J connectivity index is 2.04. The van der Waals surface area contributed by atoms with Gasteiger partial charge in [-0.1, -0.05) is 12.1 Å². The van der Waals surface area contributed by atoms with Crippen LogP contribution in [0.5, 0.6) is 0 Å². The second kappa shape index (κ2) is 6.98. The summed E-state index contributed by atoms with van der Waals surface area (Å²) < 4.78 is 37.7. The van der Waals surface area contributed by atoms with Gasteiger partial charge in [0, 0.05) is 29.6 Å². The number of benzene rings is 1. The highest BCUT2D eigenvalue weighted by Gasteiger charge is 2.30. The molecule has 0 saturated carbocycles.